The number of unbranched alkanes of at least 4 members (excludes halogenated alkanes) is 1. The summed E-state index contributed by atoms with van der Waals surface area (Å²) < 4.78 is 5.13. The van der Waals surface area contributed by atoms with E-state index in [4.69, 9.17) is 4.52 Å². The Balaban J connectivity index is 2.03. The zero-order valence-corrected chi connectivity index (χ0v) is 9.03. The largest absolute Gasteiger partial charge is 0.339 e. The zero-order chi connectivity index (χ0) is 10.7. The van der Waals surface area contributed by atoms with Crippen LogP contribution in [0.25, 0.3) is 0 Å². The van der Waals surface area contributed by atoms with Crippen LogP contribution in [0.1, 0.15) is 56.7 Å². The molecule has 1 saturated carbocycles. The highest BCUT2D eigenvalue weighted by molar-refractivity contribution is 5.86. The zero-order valence-electron chi connectivity index (χ0n) is 9.03. The molecule has 0 N–H and O–H groups in total. The Labute approximate surface area is 89.1 Å². The summed E-state index contributed by atoms with van der Waals surface area (Å²) in [6.45, 7) is 2.13. The molecule has 1 aromatic heterocycles. The standard InChI is InChI=1S/C11H16N2O2/c1-2-3-7-10-12-11(15-13-10)8-5-4-6-9(8)14/h8H,2-7H2,1H3. The molecule has 15 heavy (non-hydrogen) atoms. The van der Waals surface area contributed by atoms with E-state index >= 15 is 0 Å². The van der Waals surface area contributed by atoms with E-state index in [1.807, 2.05) is 0 Å². The molecule has 0 saturated heterocycles. The van der Waals surface area contributed by atoms with Gasteiger partial charge < -0.3 is 4.52 Å². The van der Waals surface area contributed by atoms with Gasteiger partial charge in [0.1, 0.15) is 5.78 Å². The second-order valence-electron chi connectivity index (χ2n) is 4.06. The van der Waals surface area contributed by atoms with E-state index in [-0.39, 0.29) is 11.7 Å². The third-order valence-corrected chi connectivity index (χ3v) is 2.84. The average molecular weight is 208 g/mol. The quantitative estimate of drug-likeness (QED) is 0.761. The first-order chi connectivity index (χ1) is 7.31. The highest BCUT2D eigenvalue weighted by Crippen LogP contribution is 2.29. The summed E-state index contributed by atoms with van der Waals surface area (Å²) in [6.07, 6.45) is 5.52. The van der Waals surface area contributed by atoms with Gasteiger partial charge in [-0.3, -0.25) is 4.79 Å². The molecule has 1 aromatic rings. The number of aryl methyl sites for hydroxylation is 1. The average Bonchev–Trinajstić information content (AvgIpc) is 2.83. The Morgan fingerprint density at radius 1 is 1.53 bits per heavy atom. The summed E-state index contributed by atoms with van der Waals surface area (Å²) in [4.78, 5) is 15.8. The van der Waals surface area contributed by atoms with Crippen molar-refractivity contribution in [2.24, 2.45) is 0 Å². The third kappa shape index (κ3) is 2.25. The Morgan fingerprint density at radius 2 is 2.40 bits per heavy atom. The minimum atomic E-state index is -0.118. The summed E-state index contributed by atoms with van der Waals surface area (Å²) >= 11 is 0. The summed E-state index contributed by atoms with van der Waals surface area (Å²) in [5, 5.41) is 3.89. The minimum absolute atomic E-state index is 0.118. The van der Waals surface area contributed by atoms with Crippen molar-refractivity contribution in [3.8, 4) is 0 Å². The molecule has 82 valence electrons. The van der Waals surface area contributed by atoms with E-state index in [1.165, 1.54) is 0 Å². The molecule has 0 bridgehead atoms. The summed E-state index contributed by atoms with van der Waals surface area (Å²) in [5.41, 5.74) is 0. The van der Waals surface area contributed by atoms with Crippen molar-refractivity contribution in [3.05, 3.63) is 11.7 Å². The number of rotatable bonds is 4. The molecule has 1 aliphatic carbocycles. The molecule has 0 aromatic carbocycles. The second-order valence-corrected chi connectivity index (χ2v) is 4.06. The molecule has 1 aliphatic rings. The van der Waals surface area contributed by atoms with E-state index < -0.39 is 0 Å². The number of hydrogen-bond donors (Lipinski definition) is 0. The van der Waals surface area contributed by atoms with E-state index in [0.717, 1.165) is 37.9 Å². The molecule has 4 nitrogen and oxygen atoms in total. The maximum atomic E-state index is 11.5. The predicted molar refractivity (Wildman–Crippen MR) is 54.5 cm³/mol. The van der Waals surface area contributed by atoms with Crippen LogP contribution >= 0.6 is 0 Å². The van der Waals surface area contributed by atoms with Gasteiger partial charge in [-0.15, -0.1) is 0 Å². The van der Waals surface area contributed by atoms with Crippen molar-refractivity contribution < 1.29 is 9.32 Å². The van der Waals surface area contributed by atoms with Crippen LogP contribution in [0.5, 0.6) is 0 Å². The topological polar surface area (TPSA) is 56.0 Å². The van der Waals surface area contributed by atoms with E-state index in [1.54, 1.807) is 0 Å². The second kappa shape index (κ2) is 4.55. The molecule has 1 heterocycles. The van der Waals surface area contributed by atoms with Gasteiger partial charge in [-0.25, -0.2) is 0 Å². The van der Waals surface area contributed by atoms with Crippen LogP contribution in [0.2, 0.25) is 0 Å². The first-order valence-electron chi connectivity index (χ1n) is 5.66. The van der Waals surface area contributed by atoms with Gasteiger partial charge in [0, 0.05) is 12.8 Å². The number of aromatic nitrogens is 2. The monoisotopic (exact) mass is 208 g/mol. The van der Waals surface area contributed by atoms with E-state index in [9.17, 15) is 4.79 Å². The van der Waals surface area contributed by atoms with Crippen LogP contribution in [0.4, 0.5) is 0 Å². The smallest absolute Gasteiger partial charge is 0.237 e. The van der Waals surface area contributed by atoms with Gasteiger partial charge in [0.05, 0.1) is 5.92 Å². The lowest BCUT2D eigenvalue weighted by Crippen LogP contribution is -2.04. The molecule has 0 amide bonds. The first kappa shape index (κ1) is 10.3. The molecule has 0 spiro atoms. The first-order valence-corrected chi connectivity index (χ1v) is 5.66. The number of carbonyl (C=O) groups is 1. The van der Waals surface area contributed by atoms with Crippen molar-refractivity contribution in [3.63, 3.8) is 0 Å². The molecule has 0 aliphatic heterocycles. The molecular formula is C11H16N2O2. The molecular weight excluding hydrogens is 192 g/mol. The maximum Gasteiger partial charge on any atom is 0.237 e. The number of carbonyl (C=O) groups excluding carboxylic acids is 1. The Kier molecular flexibility index (Phi) is 3.14. The van der Waals surface area contributed by atoms with Gasteiger partial charge in [-0.1, -0.05) is 18.5 Å². The van der Waals surface area contributed by atoms with Crippen LogP contribution in [0, 0.1) is 0 Å². The van der Waals surface area contributed by atoms with Crippen LogP contribution in [0.3, 0.4) is 0 Å². The maximum absolute atomic E-state index is 11.5. The molecule has 1 atom stereocenters. The van der Waals surface area contributed by atoms with Crippen LogP contribution < -0.4 is 0 Å². The van der Waals surface area contributed by atoms with Crippen LogP contribution in [-0.2, 0) is 11.2 Å². The lowest BCUT2D eigenvalue weighted by molar-refractivity contribution is -0.119. The number of ketones is 1. The van der Waals surface area contributed by atoms with Crippen molar-refractivity contribution in [2.45, 2.75) is 51.4 Å². The van der Waals surface area contributed by atoms with Gasteiger partial charge in [0.15, 0.2) is 5.82 Å². The van der Waals surface area contributed by atoms with Crippen LogP contribution in [-0.4, -0.2) is 15.9 Å². The van der Waals surface area contributed by atoms with Gasteiger partial charge in [-0.2, -0.15) is 4.98 Å². The SMILES string of the molecule is CCCCc1noc(C2CCCC2=O)n1. The summed E-state index contributed by atoms with van der Waals surface area (Å²) in [5.74, 6) is 1.41. The van der Waals surface area contributed by atoms with Crippen molar-refractivity contribution in [1.29, 1.82) is 0 Å². The van der Waals surface area contributed by atoms with Gasteiger partial charge in [0.2, 0.25) is 5.89 Å². The molecule has 4 heteroatoms. The number of nitrogens with zero attached hydrogens (tertiary/aromatic N) is 2. The van der Waals surface area contributed by atoms with Crippen molar-refractivity contribution in [1.82, 2.24) is 10.1 Å². The Morgan fingerprint density at radius 3 is 3.07 bits per heavy atom. The molecule has 1 fully saturated rings. The number of Topliss-reactive ketones (excluding diaryl/α,β-unsaturated/α-hetero) is 1. The van der Waals surface area contributed by atoms with Gasteiger partial charge >= 0.3 is 0 Å². The molecule has 2 rings (SSSR count). The van der Waals surface area contributed by atoms with Gasteiger partial charge in [0.25, 0.3) is 0 Å². The Hall–Kier alpha value is -1.19. The molecule has 1 unspecified atom stereocenters. The van der Waals surface area contributed by atoms with Crippen molar-refractivity contribution in [2.75, 3.05) is 0 Å². The fraction of sp³-hybridized carbons (Fsp3) is 0.727. The highest BCUT2D eigenvalue weighted by Gasteiger charge is 2.30. The predicted octanol–water partition coefficient (Wildman–Crippen LogP) is 2.25. The number of hydrogen-bond acceptors (Lipinski definition) is 4. The minimum Gasteiger partial charge on any atom is -0.339 e. The van der Waals surface area contributed by atoms with Crippen LogP contribution in [0.15, 0.2) is 4.52 Å². The lowest BCUT2D eigenvalue weighted by atomic mass is 10.1. The normalized spacial score (nSPS) is 21.1. The Bertz CT molecular complexity index is 346. The van der Waals surface area contributed by atoms with Crippen molar-refractivity contribution >= 4 is 5.78 Å². The fourth-order valence-electron chi connectivity index (χ4n) is 1.92. The highest BCUT2D eigenvalue weighted by atomic mass is 16.5. The summed E-state index contributed by atoms with van der Waals surface area (Å²) in [6, 6.07) is 0. The van der Waals surface area contributed by atoms with E-state index in [0.29, 0.717) is 12.3 Å². The molecule has 0 radical (unpaired) electrons. The summed E-state index contributed by atoms with van der Waals surface area (Å²) in [7, 11) is 0. The lowest BCUT2D eigenvalue weighted by Gasteiger charge is -1.98. The van der Waals surface area contributed by atoms with Gasteiger partial charge in [-0.05, 0) is 19.3 Å². The third-order valence-electron chi connectivity index (χ3n) is 2.84. The fourth-order valence-corrected chi connectivity index (χ4v) is 1.92. The van der Waals surface area contributed by atoms with E-state index in [2.05, 4.69) is 17.1 Å².